The average Bonchev–Trinajstić information content (AvgIpc) is 2.43. The fraction of sp³-hybridized carbons (Fsp3) is 0.294. The Balaban J connectivity index is 2.12. The van der Waals surface area contributed by atoms with E-state index in [0.29, 0.717) is 0 Å². The van der Waals surface area contributed by atoms with Crippen LogP contribution in [0.25, 0.3) is 0 Å². The lowest BCUT2D eigenvalue weighted by atomic mass is 10.1. The van der Waals surface area contributed by atoms with Gasteiger partial charge in [-0.15, -0.1) is 0 Å². The van der Waals surface area contributed by atoms with E-state index >= 15 is 0 Å². The smallest absolute Gasteiger partial charge is 0.0787 e. The minimum Gasteiger partial charge on any atom is -0.388 e. The van der Waals surface area contributed by atoms with Crippen LogP contribution >= 0.6 is 11.8 Å². The summed E-state index contributed by atoms with van der Waals surface area (Å²) in [5.41, 5.74) is 3.64. The summed E-state index contributed by atoms with van der Waals surface area (Å²) in [6.07, 6.45) is 0.407. The zero-order valence-electron chi connectivity index (χ0n) is 11.7. The lowest BCUT2D eigenvalue weighted by Crippen LogP contribution is -1.94. The summed E-state index contributed by atoms with van der Waals surface area (Å²) in [5.74, 6) is 0. The van der Waals surface area contributed by atoms with Crippen molar-refractivity contribution < 1.29 is 5.11 Å². The molecule has 0 saturated carbocycles. The number of aliphatic hydroxyl groups is 1. The van der Waals surface area contributed by atoms with Crippen LogP contribution in [0.15, 0.2) is 52.3 Å². The molecule has 0 aliphatic heterocycles. The molecule has 2 rings (SSSR count). The first-order valence-electron chi connectivity index (χ1n) is 6.63. The fourth-order valence-electron chi connectivity index (χ4n) is 1.91. The topological polar surface area (TPSA) is 20.2 Å². The van der Waals surface area contributed by atoms with Gasteiger partial charge in [-0.2, -0.15) is 0 Å². The summed E-state index contributed by atoms with van der Waals surface area (Å²) < 4.78 is 0. The SMILES string of the molecule is CC[C@H](O)c1ccc(Sc2ccc(C)c(C)c2)cc1. The van der Waals surface area contributed by atoms with E-state index in [1.165, 1.54) is 20.9 Å². The number of hydrogen-bond acceptors (Lipinski definition) is 2. The third-order valence-electron chi connectivity index (χ3n) is 3.37. The summed E-state index contributed by atoms with van der Waals surface area (Å²) >= 11 is 1.76. The third kappa shape index (κ3) is 3.62. The molecule has 0 aliphatic carbocycles. The van der Waals surface area contributed by atoms with Gasteiger partial charge in [0.2, 0.25) is 0 Å². The van der Waals surface area contributed by atoms with E-state index in [1.807, 2.05) is 19.1 Å². The molecule has 1 N–H and O–H groups in total. The number of aliphatic hydroxyl groups excluding tert-OH is 1. The molecule has 0 aromatic heterocycles. The van der Waals surface area contributed by atoms with Crippen LogP contribution in [0.5, 0.6) is 0 Å². The molecule has 2 aromatic carbocycles. The lowest BCUT2D eigenvalue weighted by molar-refractivity contribution is 0.173. The molecule has 0 amide bonds. The predicted octanol–water partition coefficient (Wildman–Crippen LogP) is 4.90. The average molecular weight is 272 g/mol. The Kier molecular flexibility index (Phi) is 4.67. The molecule has 19 heavy (non-hydrogen) atoms. The van der Waals surface area contributed by atoms with Crippen molar-refractivity contribution in [2.75, 3.05) is 0 Å². The second-order valence-corrected chi connectivity index (χ2v) is 5.99. The first-order valence-corrected chi connectivity index (χ1v) is 7.45. The van der Waals surface area contributed by atoms with Crippen molar-refractivity contribution >= 4 is 11.8 Å². The van der Waals surface area contributed by atoms with Crippen molar-refractivity contribution in [3.8, 4) is 0 Å². The Hall–Kier alpha value is -1.25. The molecule has 0 aliphatic rings. The van der Waals surface area contributed by atoms with Gasteiger partial charge in [0, 0.05) is 9.79 Å². The van der Waals surface area contributed by atoms with Crippen molar-refractivity contribution in [3.63, 3.8) is 0 Å². The normalized spacial score (nSPS) is 12.4. The van der Waals surface area contributed by atoms with Crippen LogP contribution < -0.4 is 0 Å². The van der Waals surface area contributed by atoms with E-state index in [-0.39, 0.29) is 6.10 Å². The molecule has 0 radical (unpaired) electrons. The third-order valence-corrected chi connectivity index (χ3v) is 4.36. The minimum absolute atomic E-state index is 0.347. The van der Waals surface area contributed by atoms with Crippen LogP contribution in [-0.4, -0.2) is 5.11 Å². The number of benzene rings is 2. The van der Waals surface area contributed by atoms with Crippen molar-refractivity contribution in [3.05, 3.63) is 59.2 Å². The van der Waals surface area contributed by atoms with E-state index in [4.69, 9.17) is 0 Å². The number of hydrogen-bond donors (Lipinski definition) is 1. The standard InChI is InChI=1S/C17H20OS/c1-4-17(18)14-6-9-15(10-7-14)19-16-8-5-12(2)13(3)11-16/h5-11,17-18H,4H2,1-3H3/t17-/m0/s1. The summed E-state index contributed by atoms with van der Waals surface area (Å²) in [6, 6.07) is 14.7. The highest BCUT2D eigenvalue weighted by Gasteiger charge is 2.05. The minimum atomic E-state index is -0.347. The largest absolute Gasteiger partial charge is 0.388 e. The molecule has 0 heterocycles. The maximum Gasteiger partial charge on any atom is 0.0787 e. The highest BCUT2D eigenvalue weighted by Crippen LogP contribution is 2.30. The van der Waals surface area contributed by atoms with Crippen LogP contribution in [-0.2, 0) is 0 Å². The van der Waals surface area contributed by atoms with E-state index in [0.717, 1.165) is 12.0 Å². The monoisotopic (exact) mass is 272 g/mol. The molecule has 0 saturated heterocycles. The van der Waals surface area contributed by atoms with Gasteiger partial charge in [0.05, 0.1) is 6.10 Å². The fourth-order valence-corrected chi connectivity index (χ4v) is 2.82. The predicted molar refractivity (Wildman–Crippen MR) is 81.7 cm³/mol. The van der Waals surface area contributed by atoms with Gasteiger partial charge in [-0.25, -0.2) is 0 Å². The van der Waals surface area contributed by atoms with E-state index in [1.54, 1.807) is 11.8 Å². The van der Waals surface area contributed by atoms with E-state index in [9.17, 15) is 5.11 Å². The van der Waals surface area contributed by atoms with Crippen LogP contribution in [0.1, 0.15) is 36.1 Å². The van der Waals surface area contributed by atoms with Gasteiger partial charge in [0.1, 0.15) is 0 Å². The first-order chi connectivity index (χ1) is 9.10. The van der Waals surface area contributed by atoms with Crippen molar-refractivity contribution in [1.82, 2.24) is 0 Å². The highest BCUT2D eigenvalue weighted by atomic mass is 32.2. The summed E-state index contributed by atoms with van der Waals surface area (Å²) in [7, 11) is 0. The molecular formula is C17H20OS. The second kappa shape index (κ2) is 6.27. The summed E-state index contributed by atoms with van der Waals surface area (Å²) in [4.78, 5) is 2.46. The summed E-state index contributed by atoms with van der Waals surface area (Å²) in [6.45, 7) is 6.26. The Bertz CT molecular complexity index is 546. The number of rotatable bonds is 4. The van der Waals surface area contributed by atoms with Gasteiger partial charge in [-0.1, -0.05) is 36.9 Å². The van der Waals surface area contributed by atoms with Gasteiger partial charge in [0.25, 0.3) is 0 Å². The van der Waals surface area contributed by atoms with Crippen LogP contribution in [0.4, 0.5) is 0 Å². The van der Waals surface area contributed by atoms with Crippen molar-refractivity contribution in [1.29, 1.82) is 0 Å². The van der Waals surface area contributed by atoms with Crippen molar-refractivity contribution in [2.24, 2.45) is 0 Å². The molecule has 1 nitrogen and oxygen atoms in total. The zero-order valence-corrected chi connectivity index (χ0v) is 12.5. The van der Waals surface area contributed by atoms with Gasteiger partial charge in [-0.05, 0) is 61.2 Å². The molecular weight excluding hydrogens is 252 g/mol. The van der Waals surface area contributed by atoms with Gasteiger partial charge in [0.15, 0.2) is 0 Å². The molecule has 100 valence electrons. The Morgan fingerprint density at radius 2 is 1.58 bits per heavy atom. The summed E-state index contributed by atoms with van der Waals surface area (Å²) in [5, 5.41) is 9.77. The molecule has 2 aromatic rings. The molecule has 1 atom stereocenters. The van der Waals surface area contributed by atoms with Crippen LogP contribution in [0.3, 0.4) is 0 Å². The van der Waals surface area contributed by atoms with Gasteiger partial charge >= 0.3 is 0 Å². The Labute approximate surface area is 119 Å². The second-order valence-electron chi connectivity index (χ2n) is 4.84. The maximum absolute atomic E-state index is 9.77. The van der Waals surface area contributed by atoms with E-state index < -0.39 is 0 Å². The maximum atomic E-state index is 9.77. The Morgan fingerprint density at radius 1 is 0.947 bits per heavy atom. The lowest BCUT2D eigenvalue weighted by Gasteiger charge is -2.09. The molecule has 2 heteroatoms. The highest BCUT2D eigenvalue weighted by molar-refractivity contribution is 7.99. The quantitative estimate of drug-likeness (QED) is 0.854. The number of aryl methyl sites for hydroxylation is 2. The zero-order chi connectivity index (χ0) is 13.8. The molecule has 0 fully saturated rings. The first kappa shape index (κ1) is 14.2. The van der Waals surface area contributed by atoms with Crippen molar-refractivity contribution in [2.45, 2.75) is 43.1 Å². The van der Waals surface area contributed by atoms with Gasteiger partial charge < -0.3 is 5.11 Å². The molecule has 0 bridgehead atoms. The molecule has 0 unspecified atom stereocenters. The van der Waals surface area contributed by atoms with Gasteiger partial charge in [-0.3, -0.25) is 0 Å². The Morgan fingerprint density at radius 3 is 2.16 bits per heavy atom. The van der Waals surface area contributed by atoms with Crippen LogP contribution in [0.2, 0.25) is 0 Å². The van der Waals surface area contributed by atoms with Crippen LogP contribution in [0, 0.1) is 13.8 Å². The molecule has 0 spiro atoms. The van der Waals surface area contributed by atoms with E-state index in [2.05, 4.69) is 44.2 Å².